The van der Waals surface area contributed by atoms with Crippen molar-refractivity contribution in [3.8, 4) is 0 Å². The van der Waals surface area contributed by atoms with Gasteiger partial charge in [-0.05, 0) is 12.8 Å². The van der Waals surface area contributed by atoms with Crippen molar-refractivity contribution < 1.29 is 19.4 Å². The van der Waals surface area contributed by atoms with Crippen LogP contribution in [0.5, 0.6) is 0 Å². The summed E-state index contributed by atoms with van der Waals surface area (Å²) < 4.78 is 4.72. The molecular weight excluding hydrogens is 260 g/mol. The highest BCUT2D eigenvalue weighted by molar-refractivity contribution is 5.93. The van der Waals surface area contributed by atoms with Gasteiger partial charge in [-0.2, -0.15) is 0 Å². The number of ether oxygens (including phenoxy) is 1. The van der Waals surface area contributed by atoms with Gasteiger partial charge < -0.3 is 20.5 Å². The Hall–Kier alpha value is -1.40. The SMILES string of the molecule is C=C[C@@H]1C[C@]1(NC(=O)[C@@H]1C[C@H](O)CN1)C(=O)OC.CC. The summed E-state index contributed by atoms with van der Waals surface area (Å²) in [6.45, 7) is 8.03. The molecule has 20 heavy (non-hydrogen) atoms. The maximum Gasteiger partial charge on any atom is 0.332 e. The highest BCUT2D eigenvalue weighted by Gasteiger charge is 2.61. The normalized spacial score (nSPS) is 34.5. The molecule has 0 radical (unpaired) electrons. The van der Waals surface area contributed by atoms with E-state index in [1.165, 1.54) is 7.11 Å². The Morgan fingerprint density at radius 2 is 2.15 bits per heavy atom. The number of nitrogens with one attached hydrogen (secondary N) is 2. The van der Waals surface area contributed by atoms with Gasteiger partial charge >= 0.3 is 5.97 Å². The van der Waals surface area contributed by atoms with Gasteiger partial charge in [0.1, 0.15) is 5.54 Å². The molecule has 1 heterocycles. The third kappa shape index (κ3) is 3.19. The number of carbonyl (C=O) groups is 2. The highest BCUT2D eigenvalue weighted by Crippen LogP contribution is 2.45. The van der Waals surface area contributed by atoms with Gasteiger partial charge in [-0.1, -0.05) is 19.9 Å². The van der Waals surface area contributed by atoms with Gasteiger partial charge in [-0.3, -0.25) is 4.79 Å². The zero-order chi connectivity index (χ0) is 15.3. The fourth-order valence-electron chi connectivity index (χ4n) is 2.41. The number of β-amino-alcohol motifs (C(OH)–C–C–N with tert-alkyl or cyclic N) is 1. The molecule has 1 saturated heterocycles. The van der Waals surface area contributed by atoms with Crippen LogP contribution in [0.4, 0.5) is 0 Å². The molecule has 2 aliphatic rings. The predicted octanol–water partition coefficient (Wildman–Crippen LogP) is -0.0307. The summed E-state index contributed by atoms with van der Waals surface area (Å²) in [5.74, 6) is -0.805. The number of methoxy groups -OCH3 is 1. The quantitative estimate of drug-likeness (QED) is 0.498. The summed E-state index contributed by atoms with van der Waals surface area (Å²) in [5.41, 5.74) is -0.956. The number of amides is 1. The van der Waals surface area contributed by atoms with E-state index in [4.69, 9.17) is 4.74 Å². The minimum atomic E-state index is -0.956. The van der Waals surface area contributed by atoms with Crippen molar-refractivity contribution in [2.45, 2.75) is 44.4 Å². The average Bonchev–Trinajstić information content (AvgIpc) is 3.01. The molecule has 0 unspecified atom stereocenters. The Bertz CT molecular complexity index is 385. The second-order valence-corrected chi connectivity index (χ2v) is 4.85. The standard InChI is InChI=1S/C12H18N2O4.C2H6/c1-3-7-5-12(7,11(17)18-2)14-10(16)9-4-8(15)6-13-9;1-2/h3,7-9,13,15H,1,4-6H2,2H3,(H,14,16);1-2H3/t7-,8+,9+,12-;/m1./s1. The van der Waals surface area contributed by atoms with Crippen LogP contribution in [0.3, 0.4) is 0 Å². The largest absolute Gasteiger partial charge is 0.467 e. The number of hydrogen-bond acceptors (Lipinski definition) is 5. The molecule has 1 aliphatic heterocycles. The first kappa shape index (κ1) is 16.7. The van der Waals surface area contributed by atoms with Crippen LogP contribution in [-0.4, -0.2) is 48.3 Å². The summed E-state index contributed by atoms with van der Waals surface area (Å²) in [5, 5.41) is 15.0. The summed E-state index contributed by atoms with van der Waals surface area (Å²) in [6.07, 6.45) is 2.02. The van der Waals surface area contributed by atoms with E-state index in [2.05, 4.69) is 17.2 Å². The number of rotatable bonds is 4. The van der Waals surface area contributed by atoms with E-state index in [0.717, 1.165) is 0 Å². The molecule has 6 heteroatoms. The van der Waals surface area contributed by atoms with Gasteiger partial charge in [0.25, 0.3) is 0 Å². The van der Waals surface area contributed by atoms with Crippen LogP contribution in [-0.2, 0) is 14.3 Å². The second kappa shape index (κ2) is 6.85. The molecule has 6 nitrogen and oxygen atoms in total. The Balaban J connectivity index is 0.000000956. The van der Waals surface area contributed by atoms with Gasteiger partial charge in [0.05, 0.1) is 19.3 Å². The Morgan fingerprint density at radius 1 is 1.50 bits per heavy atom. The third-order valence-corrected chi connectivity index (χ3v) is 3.62. The number of hydrogen-bond donors (Lipinski definition) is 3. The molecule has 0 bridgehead atoms. The minimum absolute atomic E-state index is 0.0831. The van der Waals surface area contributed by atoms with E-state index in [1.807, 2.05) is 13.8 Å². The summed E-state index contributed by atoms with van der Waals surface area (Å²) in [7, 11) is 1.30. The lowest BCUT2D eigenvalue weighted by atomic mass is 10.1. The van der Waals surface area contributed by atoms with E-state index < -0.39 is 23.7 Å². The van der Waals surface area contributed by atoms with Gasteiger partial charge in [0.2, 0.25) is 5.91 Å². The highest BCUT2D eigenvalue weighted by atomic mass is 16.5. The molecule has 114 valence electrons. The van der Waals surface area contributed by atoms with Crippen molar-refractivity contribution in [3.05, 3.63) is 12.7 Å². The summed E-state index contributed by atoms with van der Waals surface area (Å²) in [6, 6.07) is -0.451. The van der Waals surface area contributed by atoms with Crippen molar-refractivity contribution in [1.29, 1.82) is 0 Å². The lowest BCUT2D eigenvalue weighted by molar-refractivity contribution is -0.147. The van der Waals surface area contributed by atoms with Crippen LogP contribution in [0, 0.1) is 5.92 Å². The predicted molar refractivity (Wildman–Crippen MR) is 75.0 cm³/mol. The third-order valence-electron chi connectivity index (χ3n) is 3.62. The van der Waals surface area contributed by atoms with Crippen LogP contribution < -0.4 is 10.6 Å². The first-order chi connectivity index (χ1) is 9.53. The van der Waals surface area contributed by atoms with E-state index in [0.29, 0.717) is 19.4 Å². The van der Waals surface area contributed by atoms with Crippen LogP contribution in [0.25, 0.3) is 0 Å². The van der Waals surface area contributed by atoms with Gasteiger partial charge in [-0.15, -0.1) is 6.58 Å². The zero-order valence-electron chi connectivity index (χ0n) is 12.3. The second-order valence-electron chi connectivity index (χ2n) is 4.85. The number of aliphatic hydroxyl groups is 1. The number of esters is 1. The van der Waals surface area contributed by atoms with Crippen molar-refractivity contribution in [3.63, 3.8) is 0 Å². The molecule has 2 fully saturated rings. The maximum atomic E-state index is 12.0. The van der Waals surface area contributed by atoms with Crippen LogP contribution in [0.1, 0.15) is 26.7 Å². The van der Waals surface area contributed by atoms with Gasteiger partial charge in [0, 0.05) is 12.5 Å². The van der Waals surface area contributed by atoms with E-state index >= 15 is 0 Å². The van der Waals surface area contributed by atoms with Gasteiger partial charge in [-0.25, -0.2) is 4.79 Å². The van der Waals surface area contributed by atoms with Crippen molar-refractivity contribution in [2.24, 2.45) is 5.92 Å². The van der Waals surface area contributed by atoms with Crippen LogP contribution in [0.2, 0.25) is 0 Å². The first-order valence-corrected chi connectivity index (χ1v) is 6.98. The molecule has 3 N–H and O–H groups in total. The van der Waals surface area contributed by atoms with Crippen molar-refractivity contribution >= 4 is 11.9 Å². The van der Waals surface area contributed by atoms with E-state index in [9.17, 15) is 14.7 Å². The fourth-order valence-corrected chi connectivity index (χ4v) is 2.41. The smallest absolute Gasteiger partial charge is 0.332 e. The van der Waals surface area contributed by atoms with Gasteiger partial charge in [0.15, 0.2) is 0 Å². The number of aliphatic hydroxyl groups excluding tert-OH is 1. The Labute approximate surface area is 119 Å². The molecule has 0 spiro atoms. The zero-order valence-corrected chi connectivity index (χ0v) is 12.3. The Morgan fingerprint density at radius 3 is 2.55 bits per heavy atom. The summed E-state index contributed by atoms with van der Waals surface area (Å²) in [4.78, 5) is 23.7. The average molecular weight is 284 g/mol. The van der Waals surface area contributed by atoms with Crippen molar-refractivity contribution in [1.82, 2.24) is 10.6 Å². The van der Waals surface area contributed by atoms with Crippen LogP contribution in [0.15, 0.2) is 12.7 Å². The monoisotopic (exact) mass is 284 g/mol. The molecule has 1 amide bonds. The molecule has 2 rings (SSSR count). The molecule has 4 atom stereocenters. The lowest BCUT2D eigenvalue weighted by Gasteiger charge is -2.19. The molecule has 1 aliphatic carbocycles. The van der Waals surface area contributed by atoms with E-state index in [1.54, 1.807) is 6.08 Å². The molecule has 0 aromatic heterocycles. The topological polar surface area (TPSA) is 87.7 Å². The maximum absolute atomic E-state index is 12.0. The first-order valence-electron chi connectivity index (χ1n) is 6.98. The number of carbonyl (C=O) groups excluding carboxylic acids is 2. The molecule has 1 saturated carbocycles. The minimum Gasteiger partial charge on any atom is -0.467 e. The summed E-state index contributed by atoms with van der Waals surface area (Å²) >= 11 is 0. The fraction of sp³-hybridized carbons (Fsp3) is 0.714. The van der Waals surface area contributed by atoms with E-state index in [-0.39, 0.29) is 11.8 Å². The Kier molecular flexibility index (Phi) is 5.71. The van der Waals surface area contributed by atoms with Crippen molar-refractivity contribution in [2.75, 3.05) is 13.7 Å². The molecule has 0 aromatic carbocycles. The molecular formula is C14H24N2O4. The molecule has 0 aromatic rings. The van der Waals surface area contributed by atoms with Crippen LogP contribution >= 0.6 is 0 Å². The lowest BCUT2D eigenvalue weighted by Crippen LogP contribution is -2.51.